The number of amides is 1. The van der Waals surface area contributed by atoms with Gasteiger partial charge in [0.2, 0.25) is 5.91 Å². The molecule has 0 fully saturated rings. The molecule has 0 aliphatic carbocycles. The number of hydrogen-bond acceptors (Lipinski definition) is 3. The second kappa shape index (κ2) is 38.3. The van der Waals surface area contributed by atoms with E-state index in [9.17, 15) is 15.0 Å². The third kappa shape index (κ3) is 34.2. The Morgan fingerprint density at radius 2 is 0.848 bits per heavy atom. The zero-order valence-electron chi connectivity index (χ0n) is 31.1. The largest absolute Gasteiger partial charge is 0.394 e. The van der Waals surface area contributed by atoms with Crippen LogP contribution in [0.1, 0.15) is 219 Å². The molecule has 0 heterocycles. The van der Waals surface area contributed by atoms with Crippen molar-refractivity contribution in [3.05, 3.63) is 24.3 Å². The first kappa shape index (κ1) is 44.9. The standard InChI is InChI=1S/C42H81NO3/c1-3-5-7-9-11-13-15-17-19-20-21-22-24-26-28-30-32-34-36-38-42(46)43-40(39-44)41(45)37-35-33-31-29-27-25-23-18-16-14-12-10-8-6-4-2/h27,29,35,37,40-41,44-45H,3-26,28,30-34,36,38-39H2,1-2H3,(H,43,46)/b29-27+,37-35+. The summed E-state index contributed by atoms with van der Waals surface area (Å²) in [6.07, 6.45) is 48.5. The second-order valence-electron chi connectivity index (χ2n) is 14.1. The Labute approximate surface area is 288 Å². The molecule has 0 bridgehead atoms. The van der Waals surface area contributed by atoms with Gasteiger partial charge in [-0.15, -0.1) is 0 Å². The quantitative estimate of drug-likeness (QED) is 0.0464. The van der Waals surface area contributed by atoms with Crippen molar-refractivity contribution in [3.63, 3.8) is 0 Å². The number of allylic oxidation sites excluding steroid dienone is 3. The second-order valence-corrected chi connectivity index (χ2v) is 14.1. The highest BCUT2D eigenvalue weighted by Crippen LogP contribution is 2.15. The molecule has 0 aromatic carbocycles. The normalized spacial score (nSPS) is 13.2. The number of hydrogen-bond donors (Lipinski definition) is 3. The molecule has 0 saturated heterocycles. The van der Waals surface area contributed by atoms with Gasteiger partial charge in [-0.25, -0.2) is 0 Å². The smallest absolute Gasteiger partial charge is 0.220 e. The molecule has 4 nitrogen and oxygen atoms in total. The molecule has 272 valence electrons. The highest BCUT2D eigenvalue weighted by atomic mass is 16.3. The summed E-state index contributed by atoms with van der Waals surface area (Å²) in [6.45, 7) is 4.30. The fraction of sp³-hybridized carbons (Fsp3) is 0.881. The molecule has 0 radical (unpaired) electrons. The van der Waals surface area contributed by atoms with Gasteiger partial charge in [0.1, 0.15) is 0 Å². The van der Waals surface area contributed by atoms with Crippen molar-refractivity contribution >= 4 is 5.91 Å². The molecule has 0 spiro atoms. The minimum absolute atomic E-state index is 0.0714. The van der Waals surface area contributed by atoms with Gasteiger partial charge in [-0.3, -0.25) is 4.79 Å². The SMILES string of the molecule is CCCCCCCCCCC/C=C/CC/C=C/C(O)C(CO)NC(=O)CCCCCCCCCCCCCCCCCCCCC. The molecule has 0 aliphatic rings. The van der Waals surface area contributed by atoms with Gasteiger partial charge in [0.25, 0.3) is 0 Å². The Hall–Kier alpha value is -1.13. The van der Waals surface area contributed by atoms with Crippen LogP contribution in [0.25, 0.3) is 0 Å². The van der Waals surface area contributed by atoms with E-state index < -0.39 is 12.1 Å². The maximum Gasteiger partial charge on any atom is 0.220 e. The van der Waals surface area contributed by atoms with Gasteiger partial charge in [-0.05, 0) is 32.1 Å². The molecule has 0 aliphatic heterocycles. The lowest BCUT2D eigenvalue weighted by Gasteiger charge is -2.19. The average molecular weight is 648 g/mol. The first-order chi connectivity index (χ1) is 22.7. The van der Waals surface area contributed by atoms with Crippen molar-refractivity contribution in [2.45, 2.75) is 231 Å². The Bertz CT molecular complexity index is 661. The van der Waals surface area contributed by atoms with E-state index in [4.69, 9.17) is 0 Å². The number of carbonyl (C=O) groups excluding carboxylic acids is 1. The van der Waals surface area contributed by atoms with Gasteiger partial charge in [-0.1, -0.05) is 205 Å². The molecule has 46 heavy (non-hydrogen) atoms. The summed E-state index contributed by atoms with van der Waals surface area (Å²) in [5, 5.41) is 22.9. The van der Waals surface area contributed by atoms with E-state index in [0.717, 1.165) is 32.1 Å². The van der Waals surface area contributed by atoms with Crippen molar-refractivity contribution < 1.29 is 15.0 Å². The topological polar surface area (TPSA) is 69.6 Å². The summed E-state index contributed by atoms with van der Waals surface area (Å²) in [4.78, 5) is 12.3. The molecule has 0 aromatic rings. The summed E-state index contributed by atoms with van der Waals surface area (Å²) in [6, 6.07) is -0.633. The van der Waals surface area contributed by atoms with E-state index in [1.807, 2.05) is 6.08 Å². The van der Waals surface area contributed by atoms with Gasteiger partial charge in [0.15, 0.2) is 0 Å². The Balaban J connectivity index is 3.59. The van der Waals surface area contributed by atoms with Gasteiger partial charge < -0.3 is 15.5 Å². The number of carbonyl (C=O) groups is 1. The van der Waals surface area contributed by atoms with Crippen LogP contribution in [0.5, 0.6) is 0 Å². The minimum Gasteiger partial charge on any atom is -0.394 e. The van der Waals surface area contributed by atoms with Crippen LogP contribution in [0.4, 0.5) is 0 Å². The zero-order chi connectivity index (χ0) is 33.6. The van der Waals surface area contributed by atoms with Crippen molar-refractivity contribution in [2.75, 3.05) is 6.61 Å². The van der Waals surface area contributed by atoms with Crippen LogP contribution in [-0.4, -0.2) is 34.9 Å². The van der Waals surface area contributed by atoms with Gasteiger partial charge in [-0.2, -0.15) is 0 Å². The molecule has 3 N–H and O–H groups in total. The lowest BCUT2D eigenvalue weighted by Crippen LogP contribution is -2.45. The predicted octanol–water partition coefficient (Wildman–Crippen LogP) is 12.5. The third-order valence-electron chi connectivity index (χ3n) is 9.44. The maximum absolute atomic E-state index is 12.3. The van der Waals surface area contributed by atoms with E-state index in [0.29, 0.717) is 6.42 Å². The fourth-order valence-corrected chi connectivity index (χ4v) is 6.25. The highest BCUT2D eigenvalue weighted by Gasteiger charge is 2.17. The van der Waals surface area contributed by atoms with Crippen molar-refractivity contribution in [1.82, 2.24) is 5.32 Å². The minimum atomic E-state index is -0.856. The van der Waals surface area contributed by atoms with Crippen LogP contribution in [-0.2, 0) is 4.79 Å². The summed E-state index contributed by atoms with van der Waals surface area (Å²) >= 11 is 0. The Morgan fingerprint density at radius 3 is 1.26 bits per heavy atom. The lowest BCUT2D eigenvalue weighted by molar-refractivity contribution is -0.123. The van der Waals surface area contributed by atoms with Crippen LogP contribution in [0.3, 0.4) is 0 Å². The number of aliphatic hydroxyl groups excluding tert-OH is 2. The molecule has 2 atom stereocenters. The molecule has 0 saturated carbocycles. The molecule has 0 rings (SSSR count). The molecular weight excluding hydrogens is 566 g/mol. The van der Waals surface area contributed by atoms with E-state index >= 15 is 0 Å². The predicted molar refractivity (Wildman–Crippen MR) is 202 cm³/mol. The third-order valence-corrected chi connectivity index (χ3v) is 9.44. The summed E-state index contributed by atoms with van der Waals surface area (Å²) < 4.78 is 0. The summed E-state index contributed by atoms with van der Waals surface area (Å²) in [5.41, 5.74) is 0. The molecule has 1 amide bonds. The summed E-state index contributed by atoms with van der Waals surface area (Å²) in [5.74, 6) is -0.0714. The number of unbranched alkanes of at least 4 members (excludes halogenated alkanes) is 28. The highest BCUT2D eigenvalue weighted by molar-refractivity contribution is 5.76. The summed E-state index contributed by atoms with van der Waals surface area (Å²) in [7, 11) is 0. The maximum atomic E-state index is 12.3. The average Bonchev–Trinajstić information content (AvgIpc) is 3.06. The van der Waals surface area contributed by atoms with Crippen molar-refractivity contribution in [3.8, 4) is 0 Å². The molecule has 4 heteroatoms. The van der Waals surface area contributed by atoms with Crippen LogP contribution in [0.2, 0.25) is 0 Å². The number of aliphatic hydroxyl groups is 2. The fourth-order valence-electron chi connectivity index (χ4n) is 6.25. The van der Waals surface area contributed by atoms with Crippen molar-refractivity contribution in [2.24, 2.45) is 0 Å². The van der Waals surface area contributed by atoms with E-state index in [1.165, 1.54) is 167 Å². The molecule has 0 aromatic heterocycles. The first-order valence-corrected chi connectivity index (χ1v) is 20.6. The van der Waals surface area contributed by atoms with Crippen LogP contribution >= 0.6 is 0 Å². The lowest BCUT2D eigenvalue weighted by atomic mass is 10.0. The molecular formula is C42H81NO3. The Kier molecular flexibility index (Phi) is 37.4. The Morgan fingerprint density at radius 1 is 0.500 bits per heavy atom. The first-order valence-electron chi connectivity index (χ1n) is 20.6. The van der Waals surface area contributed by atoms with Gasteiger partial charge >= 0.3 is 0 Å². The molecule has 2 unspecified atom stereocenters. The monoisotopic (exact) mass is 648 g/mol. The zero-order valence-corrected chi connectivity index (χ0v) is 31.1. The van der Waals surface area contributed by atoms with E-state index in [2.05, 4.69) is 31.3 Å². The van der Waals surface area contributed by atoms with Crippen LogP contribution in [0.15, 0.2) is 24.3 Å². The van der Waals surface area contributed by atoms with Crippen LogP contribution in [0, 0.1) is 0 Å². The number of nitrogens with one attached hydrogen (secondary N) is 1. The van der Waals surface area contributed by atoms with Crippen LogP contribution < -0.4 is 5.32 Å². The van der Waals surface area contributed by atoms with Gasteiger partial charge in [0, 0.05) is 6.42 Å². The van der Waals surface area contributed by atoms with Gasteiger partial charge in [0.05, 0.1) is 18.8 Å². The van der Waals surface area contributed by atoms with E-state index in [1.54, 1.807) is 6.08 Å². The van der Waals surface area contributed by atoms with E-state index in [-0.39, 0.29) is 12.5 Å². The number of rotatable bonds is 37. The van der Waals surface area contributed by atoms with Crippen molar-refractivity contribution in [1.29, 1.82) is 0 Å².